The Morgan fingerprint density at radius 1 is 1.40 bits per heavy atom. The van der Waals surface area contributed by atoms with Crippen LogP contribution in [-0.2, 0) is 5.28 Å². The third-order valence-electron chi connectivity index (χ3n) is 1.34. The summed E-state index contributed by atoms with van der Waals surface area (Å²) in [5.74, 6) is 4.68. The van der Waals surface area contributed by atoms with E-state index in [-0.39, 0.29) is 0 Å². The van der Waals surface area contributed by atoms with Gasteiger partial charge in [-0.3, -0.25) is 4.98 Å². The maximum Gasteiger partial charge on any atom is 0.263 e. The van der Waals surface area contributed by atoms with Crippen LogP contribution in [0.15, 0.2) is 24.4 Å². The number of pyridine rings is 1. The van der Waals surface area contributed by atoms with Gasteiger partial charge in [0.15, 0.2) is 0 Å². The molecule has 1 aromatic rings. The van der Waals surface area contributed by atoms with Crippen LogP contribution in [-0.4, -0.2) is 19.1 Å². The molecule has 1 nitrogen and oxygen atoms in total. The first kappa shape index (κ1) is 7.79. The van der Waals surface area contributed by atoms with E-state index in [2.05, 4.69) is 28.7 Å². The molecule has 0 bridgehead atoms. The molecule has 1 aromatic heterocycles. The van der Waals surface area contributed by atoms with Crippen LogP contribution in [0.25, 0.3) is 0 Å². The molecule has 0 aliphatic rings. The van der Waals surface area contributed by atoms with E-state index >= 15 is 0 Å². The summed E-state index contributed by atoms with van der Waals surface area (Å²) < 4.78 is 0. The minimum Gasteiger partial charge on any atom is -0.263 e. The van der Waals surface area contributed by atoms with Crippen molar-refractivity contribution in [3.63, 3.8) is 0 Å². The van der Waals surface area contributed by atoms with E-state index in [4.69, 9.17) is 0 Å². The molecule has 0 saturated carbocycles. The summed E-state index contributed by atoms with van der Waals surface area (Å²) in [5, 5.41) is 1.22. The molecule has 0 unspecified atom stereocenters. The minimum absolute atomic E-state index is 0.460. The Morgan fingerprint density at radius 3 is 2.70 bits per heavy atom. The molecule has 0 aliphatic carbocycles. The van der Waals surface area contributed by atoms with Gasteiger partial charge < -0.3 is 0 Å². The van der Waals surface area contributed by atoms with Crippen LogP contribution >= 0.6 is 0 Å². The van der Waals surface area contributed by atoms with Crippen molar-refractivity contribution in [2.24, 2.45) is 0 Å². The molecule has 0 aromatic carbocycles. The lowest BCUT2D eigenvalue weighted by Crippen LogP contribution is -2.06. The topological polar surface area (TPSA) is 12.9 Å². The van der Waals surface area contributed by atoms with Crippen molar-refractivity contribution in [2.45, 2.75) is 16.9 Å². The summed E-state index contributed by atoms with van der Waals surface area (Å²) in [6.45, 7) is 0. The zero-order chi connectivity index (χ0) is 7.40. The van der Waals surface area contributed by atoms with Crippen molar-refractivity contribution < 1.29 is 0 Å². The molecule has 0 spiro atoms. The molecule has 0 amide bonds. The van der Waals surface area contributed by atoms with E-state index in [1.165, 1.54) is 11.0 Å². The molecule has 0 N–H and O–H groups in total. The van der Waals surface area contributed by atoms with Gasteiger partial charge in [0, 0.05) is 11.9 Å². The van der Waals surface area contributed by atoms with E-state index in [1.807, 2.05) is 12.3 Å². The molecule has 0 saturated heterocycles. The standard InChI is InChI=1S/C6H6N.2CH3.Al/c1-6-4-2-3-5-7-6;;;/h2-5H,1H2;2*1H3;. The average Bonchev–Trinajstić information content (AvgIpc) is 1.88. The van der Waals surface area contributed by atoms with Gasteiger partial charge in [-0.2, -0.15) is 0 Å². The van der Waals surface area contributed by atoms with Gasteiger partial charge in [-0.15, -0.1) is 11.6 Å². The van der Waals surface area contributed by atoms with Gasteiger partial charge >= 0.3 is 0 Å². The van der Waals surface area contributed by atoms with Gasteiger partial charge in [0.05, 0.1) is 0 Å². The van der Waals surface area contributed by atoms with Crippen LogP contribution in [0.1, 0.15) is 5.69 Å². The van der Waals surface area contributed by atoms with Gasteiger partial charge in [-0.05, 0) is 12.1 Å². The summed E-state index contributed by atoms with van der Waals surface area (Å²) in [4.78, 5) is 4.25. The maximum atomic E-state index is 4.25. The van der Waals surface area contributed by atoms with Crippen LogP contribution in [0.3, 0.4) is 0 Å². The third kappa shape index (κ3) is 2.51. The van der Waals surface area contributed by atoms with Crippen LogP contribution in [0.5, 0.6) is 0 Å². The van der Waals surface area contributed by atoms with E-state index < -0.39 is 14.1 Å². The Kier molecular flexibility index (Phi) is 2.92. The molecule has 1 rings (SSSR count). The Labute approximate surface area is 66.5 Å². The lowest BCUT2D eigenvalue weighted by molar-refractivity contribution is 1.15. The van der Waals surface area contributed by atoms with Crippen LogP contribution in [0.2, 0.25) is 11.6 Å². The highest BCUT2D eigenvalue weighted by molar-refractivity contribution is 6.55. The predicted molar refractivity (Wildman–Crippen MR) is 45.4 cm³/mol. The summed E-state index contributed by atoms with van der Waals surface area (Å²) in [7, 11) is 0. The molecule has 2 heteroatoms. The van der Waals surface area contributed by atoms with E-state index in [0.29, 0.717) is 0 Å². The molecular weight excluding hydrogens is 137 g/mol. The Bertz CT molecular complexity index is 184. The number of hydrogen-bond donors (Lipinski definition) is 0. The summed E-state index contributed by atoms with van der Waals surface area (Å²) >= 11 is -0.460. The molecule has 0 atom stereocenters. The molecule has 52 valence electrons. The SMILES string of the molecule is [CH3][Al]([CH3])[CH2]c1ccccn1. The molecule has 1 heterocycles. The first-order valence-corrected chi connectivity index (χ1v) is 6.81. The first-order chi connectivity index (χ1) is 4.79. The highest BCUT2D eigenvalue weighted by Crippen LogP contribution is 1.96. The minimum atomic E-state index is -0.460. The number of rotatable bonds is 2. The molecule has 0 radical (unpaired) electrons. The fraction of sp³-hybridized carbons (Fsp3) is 0.375. The normalized spacial score (nSPS) is 9.40. The maximum absolute atomic E-state index is 4.25. The van der Waals surface area contributed by atoms with Crippen molar-refractivity contribution in [1.82, 2.24) is 4.98 Å². The van der Waals surface area contributed by atoms with E-state index in [9.17, 15) is 0 Å². The second kappa shape index (κ2) is 3.75. The first-order valence-electron chi connectivity index (χ1n) is 3.69. The molecular formula is C8H12AlN. The average molecular weight is 149 g/mol. The quantitative estimate of drug-likeness (QED) is 0.585. The van der Waals surface area contributed by atoms with E-state index in [1.54, 1.807) is 0 Å². The fourth-order valence-corrected chi connectivity index (χ4v) is 2.02. The third-order valence-corrected chi connectivity index (χ3v) is 2.58. The van der Waals surface area contributed by atoms with Crippen molar-refractivity contribution in [3.05, 3.63) is 30.1 Å². The zero-order valence-corrected chi connectivity index (χ0v) is 7.70. The van der Waals surface area contributed by atoms with Gasteiger partial charge in [-0.25, -0.2) is 0 Å². The van der Waals surface area contributed by atoms with Crippen molar-refractivity contribution in [1.29, 1.82) is 0 Å². The number of aromatic nitrogens is 1. The lowest BCUT2D eigenvalue weighted by Gasteiger charge is -1.97. The van der Waals surface area contributed by atoms with Crippen LogP contribution in [0.4, 0.5) is 0 Å². The number of hydrogen-bond acceptors (Lipinski definition) is 1. The monoisotopic (exact) mass is 149 g/mol. The second-order valence-electron chi connectivity index (χ2n) is 2.92. The summed E-state index contributed by atoms with van der Waals surface area (Å²) in [5.41, 5.74) is 1.25. The van der Waals surface area contributed by atoms with Crippen molar-refractivity contribution >= 4 is 14.1 Å². The van der Waals surface area contributed by atoms with Gasteiger partial charge in [0.1, 0.15) is 0 Å². The van der Waals surface area contributed by atoms with Gasteiger partial charge in [-0.1, -0.05) is 11.3 Å². The molecule has 0 aliphatic heterocycles. The summed E-state index contributed by atoms with van der Waals surface area (Å²) in [6.07, 6.45) is 1.87. The highest BCUT2D eigenvalue weighted by atomic mass is 27.2. The Morgan fingerprint density at radius 2 is 2.20 bits per heavy atom. The van der Waals surface area contributed by atoms with E-state index in [0.717, 1.165) is 0 Å². The number of nitrogens with zero attached hydrogens (tertiary/aromatic N) is 1. The van der Waals surface area contributed by atoms with Crippen molar-refractivity contribution in [2.75, 3.05) is 0 Å². The fourth-order valence-electron chi connectivity index (χ4n) is 0.937. The van der Waals surface area contributed by atoms with Crippen LogP contribution < -0.4 is 0 Å². The second-order valence-corrected chi connectivity index (χ2v) is 6.11. The van der Waals surface area contributed by atoms with Crippen LogP contribution in [0, 0.1) is 0 Å². The lowest BCUT2D eigenvalue weighted by atomic mass is 10.4. The molecule has 10 heavy (non-hydrogen) atoms. The van der Waals surface area contributed by atoms with Crippen molar-refractivity contribution in [3.8, 4) is 0 Å². The predicted octanol–water partition coefficient (Wildman–Crippen LogP) is 1.92. The molecule has 0 fully saturated rings. The Balaban J connectivity index is 2.59. The van der Waals surface area contributed by atoms with Gasteiger partial charge in [0.25, 0.3) is 14.1 Å². The van der Waals surface area contributed by atoms with Gasteiger partial charge in [0.2, 0.25) is 0 Å². The Hall–Kier alpha value is -0.318. The summed E-state index contributed by atoms with van der Waals surface area (Å²) in [6, 6.07) is 6.12. The largest absolute Gasteiger partial charge is 0.263 e. The zero-order valence-electron chi connectivity index (χ0n) is 6.54. The highest BCUT2D eigenvalue weighted by Gasteiger charge is 2.02. The smallest absolute Gasteiger partial charge is 0.263 e.